The van der Waals surface area contributed by atoms with E-state index in [2.05, 4.69) is 4.98 Å². The van der Waals surface area contributed by atoms with Crippen LogP contribution in [-0.4, -0.2) is 37.0 Å². The van der Waals surface area contributed by atoms with Crippen molar-refractivity contribution in [2.45, 2.75) is 19.2 Å². The summed E-state index contributed by atoms with van der Waals surface area (Å²) in [5, 5.41) is 0.867. The molecule has 1 atom stereocenters. The maximum absolute atomic E-state index is 12.9. The number of nitrogens with zero attached hydrogens (tertiary/aromatic N) is 2. The molecule has 0 spiro atoms. The van der Waals surface area contributed by atoms with Crippen LogP contribution in [0.25, 0.3) is 10.9 Å². The third kappa shape index (κ3) is 2.81. The Morgan fingerprint density at radius 1 is 1.29 bits per heavy atom. The molecule has 112 valence electrons. The molecule has 2 aromatic rings. The molecule has 1 fully saturated rings. The number of alkyl halides is 3. The Labute approximate surface area is 120 Å². The highest BCUT2D eigenvalue weighted by molar-refractivity contribution is 5.92. The normalized spacial score (nSPS) is 20.0. The third-order valence-corrected chi connectivity index (χ3v) is 3.59. The topological polar surface area (TPSA) is 25.4 Å². The molecular weight excluding hydrogens is 281 g/mol. The Kier molecular flexibility index (Phi) is 3.49. The second-order valence-electron chi connectivity index (χ2n) is 5.15. The van der Waals surface area contributed by atoms with Crippen LogP contribution in [-0.2, 0) is 4.74 Å². The zero-order valence-corrected chi connectivity index (χ0v) is 11.5. The number of halogens is 3. The molecule has 0 aliphatic carbocycles. The lowest BCUT2D eigenvalue weighted by Crippen LogP contribution is -2.49. The standard InChI is InChI=1S/C15H15F3N2O/c1-10-8-13(11-4-2-3-5-12(11)19-10)20-6-7-21-14(9-20)15(16,17)18/h2-5,8,14H,6-7,9H2,1H3/t14-/m0/s1. The van der Waals surface area contributed by atoms with E-state index in [1.165, 1.54) is 0 Å². The van der Waals surface area contributed by atoms with E-state index in [9.17, 15) is 13.2 Å². The smallest absolute Gasteiger partial charge is 0.366 e. The zero-order valence-electron chi connectivity index (χ0n) is 11.5. The first-order chi connectivity index (χ1) is 9.95. The molecule has 1 aromatic heterocycles. The quantitative estimate of drug-likeness (QED) is 0.807. The number of anilines is 1. The van der Waals surface area contributed by atoms with E-state index in [1.54, 1.807) is 4.90 Å². The fourth-order valence-electron chi connectivity index (χ4n) is 2.61. The molecule has 0 bridgehead atoms. The summed E-state index contributed by atoms with van der Waals surface area (Å²) in [6.07, 6.45) is -6.07. The predicted molar refractivity (Wildman–Crippen MR) is 74.5 cm³/mol. The monoisotopic (exact) mass is 296 g/mol. The maximum Gasteiger partial charge on any atom is 0.416 e. The van der Waals surface area contributed by atoms with Gasteiger partial charge in [0.25, 0.3) is 0 Å². The number of benzene rings is 1. The van der Waals surface area contributed by atoms with Crippen LogP contribution in [0.2, 0.25) is 0 Å². The van der Waals surface area contributed by atoms with E-state index in [0.29, 0.717) is 6.54 Å². The molecule has 1 aromatic carbocycles. The minimum Gasteiger partial charge on any atom is -0.366 e. The predicted octanol–water partition coefficient (Wildman–Crippen LogP) is 3.31. The highest BCUT2D eigenvalue weighted by atomic mass is 19.4. The van der Waals surface area contributed by atoms with Gasteiger partial charge in [-0.2, -0.15) is 13.2 Å². The molecule has 0 saturated carbocycles. The van der Waals surface area contributed by atoms with Crippen molar-refractivity contribution in [3.05, 3.63) is 36.0 Å². The largest absolute Gasteiger partial charge is 0.416 e. The summed E-state index contributed by atoms with van der Waals surface area (Å²) in [6, 6.07) is 9.32. The van der Waals surface area contributed by atoms with Gasteiger partial charge in [0, 0.05) is 23.3 Å². The maximum atomic E-state index is 12.9. The van der Waals surface area contributed by atoms with Crippen molar-refractivity contribution in [3.8, 4) is 0 Å². The van der Waals surface area contributed by atoms with Gasteiger partial charge in [-0.25, -0.2) is 0 Å². The van der Waals surface area contributed by atoms with Gasteiger partial charge in [-0.15, -0.1) is 0 Å². The van der Waals surface area contributed by atoms with E-state index in [4.69, 9.17) is 4.74 Å². The van der Waals surface area contributed by atoms with Crippen LogP contribution >= 0.6 is 0 Å². The molecule has 21 heavy (non-hydrogen) atoms. The summed E-state index contributed by atoms with van der Waals surface area (Å²) < 4.78 is 43.4. The lowest BCUT2D eigenvalue weighted by Gasteiger charge is -2.35. The summed E-state index contributed by atoms with van der Waals surface area (Å²) in [4.78, 5) is 6.15. The summed E-state index contributed by atoms with van der Waals surface area (Å²) in [6.45, 7) is 2.18. The highest BCUT2D eigenvalue weighted by Gasteiger charge is 2.43. The van der Waals surface area contributed by atoms with Gasteiger partial charge in [0.1, 0.15) is 0 Å². The van der Waals surface area contributed by atoms with Gasteiger partial charge in [-0.1, -0.05) is 18.2 Å². The molecule has 6 heteroatoms. The zero-order chi connectivity index (χ0) is 15.0. The number of aryl methyl sites for hydroxylation is 1. The molecular formula is C15H15F3N2O. The molecule has 3 nitrogen and oxygen atoms in total. The number of pyridine rings is 1. The van der Waals surface area contributed by atoms with Gasteiger partial charge < -0.3 is 9.64 Å². The lowest BCUT2D eigenvalue weighted by molar-refractivity contribution is -0.221. The number of aromatic nitrogens is 1. The Morgan fingerprint density at radius 2 is 2.05 bits per heavy atom. The molecule has 3 rings (SSSR count). The number of hydrogen-bond donors (Lipinski definition) is 0. The first kappa shape index (κ1) is 14.1. The molecule has 1 aliphatic rings. The first-order valence-electron chi connectivity index (χ1n) is 6.75. The van der Waals surface area contributed by atoms with Gasteiger partial charge in [0.15, 0.2) is 6.10 Å². The molecule has 1 aliphatic heterocycles. The van der Waals surface area contributed by atoms with Crippen LogP contribution < -0.4 is 4.90 Å². The van der Waals surface area contributed by atoms with E-state index in [-0.39, 0.29) is 13.2 Å². The van der Waals surface area contributed by atoms with E-state index in [0.717, 1.165) is 22.3 Å². The number of ether oxygens (including phenoxy) is 1. The fraction of sp³-hybridized carbons (Fsp3) is 0.400. The second-order valence-corrected chi connectivity index (χ2v) is 5.15. The molecule has 0 amide bonds. The summed E-state index contributed by atoms with van der Waals surface area (Å²) >= 11 is 0. The van der Waals surface area contributed by atoms with E-state index >= 15 is 0 Å². The lowest BCUT2D eigenvalue weighted by atomic mass is 10.1. The van der Waals surface area contributed by atoms with Crippen LogP contribution in [0.5, 0.6) is 0 Å². The molecule has 0 radical (unpaired) electrons. The van der Waals surface area contributed by atoms with Crippen molar-refractivity contribution >= 4 is 16.6 Å². The van der Waals surface area contributed by atoms with Crippen LogP contribution in [0.1, 0.15) is 5.69 Å². The van der Waals surface area contributed by atoms with Crippen molar-refractivity contribution in [1.29, 1.82) is 0 Å². The van der Waals surface area contributed by atoms with E-state index < -0.39 is 12.3 Å². The van der Waals surface area contributed by atoms with Crippen molar-refractivity contribution in [1.82, 2.24) is 4.98 Å². The summed E-state index contributed by atoms with van der Waals surface area (Å²) in [5.74, 6) is 0. The SMILES string of the molecule is Cc1cc(N2CCO[C@H](C(F)(F)F)C2)c2ccccc2n1. The second kappa shape index (κ2) is 5.18. The average Bonchev–Trinajstić information content (AvgIpc) is 2.45. The van der Waals surface area contributed by atoms with Gasteiger partial charge >= 0.3 is 6.18 Å². The number of morpholine rings is 1. The van der Waals surface area contributed by atoms with Gasteiger partial charge in [-0.3, -0.25) is 4.98 Å². The number of para-hydroxylation sites is 1. The Balaban J connectivity index is 2.00. The van der Waals surface area contributed by atoms with Crippen LogP contribution in [0.15, 0.2) is 30.3 Å². The molecule has 0 unspecified atom stereocenters. The summed E-state index contributed by atoms with van der Waals surface area (Å²) in [5.41, 5.74) is 2.37. The van der Waals surface area contributed by atoms with Crippen molar-refractivity contribution in [2.24, 2.45) is 0 Å². The summed E-state index contributed by atoms with van der Waals surface area (Å²) in [7, 11) is 0. The number of fused-ring (bicyclic) bond motifs is 1. The van der Waals surface area contributed by atoms with E-state index in [1.807, 2.05) is 37.3 Å². The molecule has 2 heterocycles. The Morgan fingerprint density at radius 3 is 2.81 bits per heavy atom. The molecule has 1 saturated heterocycles. The Bertz CT molecular complexity index is 657. The highest BCUT2D eigenvalue weighted by Crippen LogP contribution is 2.31. The van der Waals surface area contributed by atoms with Crippen molar-refractivity contribution in [2.75, 3.05) is 24.6 Å². The third-order valence-electron chi connectivity index (χ3n) is 3.59. The van der Waals surface area contributed by atoms with Crippen LogP contribution in [0.3, 0.4) is 0 Å². The average molecular weight is 296 g/mol. The number of hydrogen-bond acceptors (Lipinski definition) is 3. The van der Waals surface area contributed by atoms with Gasteiger partial charge in [-0.05, 0) is 19.1 Å². The van der Waals surface area contributed by atoms with Crippen LogP contribution in [0, 0.1) is 6.92 Å². The molecule has 0 N–H and O–H groups in total. The van der Waals surface area contributed by atoms with Gasteiger partial charge in [0.2, 0.25) is 0 Å². The minimum atomic E-state index is -4.34. The minimum absolute atomic E-state index is 0.0693. The number of rotatable bonds is 1. The van der Waals surface area contributed by atoms with Crippen molar-refractivity contribution in [3.63, 3.8) is 0 Å². The Hall–Kier alpha value is -1.82. The van der Waals surface area contributed by atoms with Crippen molar-refractivity contribution < 1.29 is 17.9 Å². The fourth-order valence-corrected chi connectivity index (χ4v) is 2.61. The first-order valence-corrected chi connectivity index (χ1v) is 6.75. The van der Waals surface area contributed by atoms with Gasteiger partial charge in [0.05, 0.1) is 18.7 Å². The van der Waals surface area contributed by atoms with Crippen LogP contribution in [0.4, 0.5) is 18.9 Å².